The third-order valence-electron chi connectivity index (χ3n) is 3.70. The number of β-amino-alcohol motifs (C(OH)–C–C–N with tert-alkyl or cyclic N) is 1. The van der Waals surface area contributed by atoms with Gasteiger partial charge < -0.3 is 15.7 Å². The molecule has 0 spiro atoms. The van der Waals surface area contributed by atoms with Crippen molar-refractivity contribution in [2.45, 2.75) is 39.2 Å². The number of amides is 1. The highest BCUT2D eigenvalue weighted by atomic mass is 16.3. The van der Waals surface area contributed by atoms with E-state index >= 15 is 0 Å². The van der Waals surface area contributed by atoms with Gasteiger partial charge in [-0.3, -0.25) is 4.79 Å². The molecule has 0 unspecified atom stereocenters. The fourth-order valence-corrected chi connectivity index (χ4v) is 2.48. The number of primary amides is 1. The minimum atomic E-state index is -1.46. The molecule has 0 aliphatic carbocycles. The van der Waals surface area contributed by atoms with Crippen molar-refractivity contribution >= 4 is 11.7 Å². The van der Waals surface area contributed by atoms with E-state index in [0.29, 0.717) is 18.7 Å². The highest BCUT2D eigenvalue weighted by Crippen LogP contribution is 2.27. The monoisotopic (exact) mass is 264 g/mol. The second-order valence-corrected chi connectivity index (χ2v) is 5.23. The summed E-state index contributed by atoms with van der Waals surface area (Å²) in [6.07, 6.45) is 1.11. The molecule has 1 atom stereocenters. The first-order valence-corrected chi connectivity index (χ1v) is 6.42. The Bertz CT molecular complexity index is 518. The van der Waals surface area contributed by atoms with E-state index in [0.717, 1.165) is 23.6 Å². The fraction of sp³-hybridized carbons (Fsp3) is 0.615. The summed E-state index contributed by atoms with van der Waals surface area (Å²) < 4.78 is 0. The van der Waals surface area contributed by atoms with Crippen LogP contribution in [0.15, 0.2) is 0 Å². The molecule has 1 fully saturated rings. The number of nitrogens with zero attached hydrogens (tertiary/aromatic N) is 3. The molecular weight excluding hydrogens is 244 g/mol. The first-order valence-electron chi connectivity index (χ1n) is 6.42. The molecule has 0 saturated carbocycles. The largest absolute Gasteiger partial charge is 0.378 e. The minimum Gasteiger partial charge on any atom is -0.378 e. The first kappa shape index (κ1) is 13.7. The number of aliphatic hydroxyl groups is 1. The summed E-state index contributed by atoms with van der Waals surface area (Å²) in [5.41, 5.74) is 5.71. The Morgan fingerprint density at radius 2 is 2.05 bits per heavy atom. The van der Waals surface area contributed by atoms with E-state index in [1.165, 1.54) is 0 Å². The molecule has 1 aliphatic rings. The average molecular weight is 264 g/mol. The molecule has 2 rings (SSSR count). The summed E-state index contributed by atoms with van der Waals surface area (Å²) in [4.78, 5) is 22.0. The number of anilines is 1. The molecule has 1 saturated heterocycles. The summed E-state index contributed by atoms with van der Waals surface area (Å²) >= 11 is 0. The standard InChI is InChI=1S/C13H20N4O2/c1-8-9(2)15-10(3)16-11(8)17-6-4-5-13(19,7-17)12(14)18/h19H,4-7H2,1-3H3,(H2,14,18)/t13-/m1/s1. The van der Waals surface area contributed by atoms with Gasteiger partial charge in [-0.05, 0) is 33.6 Å². The van der Waals surface area contributed by atoms with Gasteiger partial charge in [0.25, 0.3) is 5.91 Å². The second-order valence-electron chi connectivity index (χ2n) is 5.23. The molecule has 1 amide bonds. The van der Waals surface area contributed by atoms with Crippen LogP contribution < -0.4 is 10.6 Å². The summed E-state index contributed by atoms with van der Waals surface area (Å²) in [5, 5.41) is 10.3. The van der Waals surface area contributed by atoms with Gasteiger partial charge in [-0.2, -0.15) is 0 Å². The van der Waals surface area contributed by atoms with E-state index in [1.807, 2.05) is 25.7 Å². The molecule has 104 valence electrons. The number of aromatic nitrogens is 2. The zero-order chi connectivity index (χ0) is 14.2. The van der Waals surface area contributed by atoms with E-state index in [2.05, 4.69) is 9.97 Å². The van der Waals surface area contributed by atoms with Crippen LogP contribution in [0.1, 0.15) is 29.9 Å². The van der Waals surface area contributed by atoms with E-state index in [1.54, 1.807) is 0 Å². The quantitative estimate of drug-likeness (QED) is 0.797. The predicted molar refractivity (Wildman–Crippen MR) is 71.8 cm³/mol. The van der Waals surface area contributed by atoms with Crippen molar-refractivity contribution in [3.8, 4) is 0 Å². The first-order chi connectivity index (χ1) is 8.83. The number of hydrogen-bond acceptors (Lipinski definition) is 5. The molecule has 6 heteroatoms. The summed E-state index contributed by atoms with van der Waals surface area (Å²) in [6, 6.07) is 0. The van der Waals surface area contributed by atoms with Gasteiger partial charge in [0.15, 0.2) is 5.60 Å². The molecular formula is C13H20N4O2. The zero-order valence-electron chi connectivity index (χ0n) is 11.6. The van der Waals surface area contributed by atoms with Crippen molar-refractivity contribution in [3.05, 3.63) is 17.1 Å². The Labute approximate surface area is 112 Å². The Balaban J connectivity index is 2.35. The van der Waals surface area contributed by atoms with Gasteiger partial charge >= 0.3 is 0 Å². The molecule has 0 radical (unpaired) electrons. The number of carbonyl (C=O) groups is 1. The van der Waals surface area contributed by atoms with Gasteiger partial charge in [-0.25, -0.2) is 9.97 Å². The van der Waals surface area contributed by atoms with Crippen LogP contribution in [0.2, 0.25) is 0 Å². The number of hydrogen-bond donors (Lipinski definition) is 2. The van der Waals surface area contributed by atoms with Gasteiger partial charge in [-0.15, -0.1) is 0 Å². The summed E-state index contributed by atoms with van der Waals surface area (Å²) in [7, 11) is 0. The molecule has 6 nitrogen and oxygen atoms in total. The Hall–Kier alpha value is -1.69. The van der Waals surface area contributed by atoms with E-state index < -0.39 is 11.5 Å². The van der Waals surface area contributed by atoms with Crippen molar-refractivity contribution in [2.75, 3.05) is 18.0 Å². The number of piperidine rings is 1. The van der Waals surface area contributed by atoms with Crippen molar-refractivity contribution in [1.29, 1.82) is 0 Å². The van der Waals surface area contributed by atoms with Gasteiger partial charge in [0.05, 0.1) is 6.54 Å². The average Bonchev–Trinajstić information content (AvgIpc) is 2.33. The lowest BCUT2D eigenvalue weighted by Crippen LogP contribution is -2.56. The van der Waals surface area contributed by atoms with Crippen LogP contribution in [0.4, 0.5) is 5.82 Å². The van der Waals surface area contributed by atoms with Crippen molar-refractivity contribution in [1.82, 2.24) is 9.97 Å². The number of rotatable bonds is 2. The van der Waals surface area contributed by atoms with Crippen molar-refractivity contribution < 1.29 is 9.90 Å². The molecule has 0 bridgehead atoms. The smallest absolute Gasteiger partial charge is 0.251 e. The van der Waals surface area contributed by atoms with Gasteiger partial charge in [0, 0.05) is 17.8 Å². The summed E-state index contributed by atoms with van der Waals surface area (Å²) in [6.45, 7) is 6.66. The van der Waals surface area contributed by atoms with Gasteiger partial charge in [0.1, 0.15) is 11.6 Å². The van der Waals surface area contributed by atoms with E-state index in [-0.39, 0.29) is 6.54 Å². The molecule has 1 aromatic heterocycles. The SMILES string of the molecule is Cc1nc(C)c(C)c(N2CCC[C@](O)(C(N)=O)C2)n1. The summed E-state index contributed by atoms with van der Waals surface area (Å²) in [5.74, 6) is 0.799. The lowest BCUT2D eigenvalue weighted by molar-refractivity contribution is -0.137. The van der Waals surface area contributed by atoms with Crippen molar-refractivity contribution in [2.24, 2.45) is 5.73 Å². The Kier molecular flexibility index (Phi) is 3.45. The van der Waals surface area contributed by atoms with Crippen LogP contribution in [-0.2, 0) is 4.79 Å². The van der Waals surface area contributed by atoms with Gasteiger partial charge in [-0.1, -0.05) is 0 Å². The maximum absolute atomic E-state index is 11.4. The second kappa shape index (κ2) is 4.77. The number of carbonyl (C=O) groups excluding carboxylic acids is 1. The predicted octanol–water partition coefficient (Wildman–Crippen LogP) is 0.218. The van der Waals surface area contributed by atoms with Gasteiger partial charge in [0.2, 0.25) is 0 Å². The third kappa shape index (κ3) is 2.53. The maximum Gasteiger partial charge on any atom is 0.251 e. The third-order valence-corrected chi connectivity index (χ3v) is 3.70. The topological polar surface area (TPSA) is 92.3 Å². The number of nitrogens with two attached hydrogens (primary N) is 1. The van der Waals surface area contributed by atoms with Crippen LogP contribution in [-0.4, -0.2) is 39.7 Å². The Morgan fingerprint density at radius 1 is 1.37 bits per heavy atom. The van der Waals surface area contributed by atoms with Crippen LogP contribution in [0, 0.1) is 20.8 Å². The molecule has 0 aromatic carbocycles. The van der Waals surface area contributed by atoms with E-state index in [9.17, 15) is 9.90 Å². The highest BCUT2D eigenvalue weighted by molar-refractivity contribution is 5.84. The molecule has 2 heterocycles. The van der Waals surface area contributed by atoms with Crippen molar-refractivity contribution in [3.63, 3.8) is 0 Å². The molecule has 1 aliphatic heterocycles. The highest BCUT2D eigenvalue weighted by Gasteiger charge is 2.39. The van der Waals surface area contributed by atoms with Crippen LogP contribution in [0.3, 0.4) is 0 Å². The maximum atomic E-state index is 11.4. The normalized spacial score (nSPS) is 23.5. The molecule has 1 aromatic rings. The van der Waals surface area contributed by atoms with Crippen LogP contribution in [0.5, 0.6) is 0 Å². The molecule has 3 N–H and O–H groups in total. The van der Waals surface area contributed by atoms with Crippen LogP contribution >= 0.6 is 0 Å². The molecule has 19 heavy (non-hydrogen) atoms. The van der Waals surface area contributed by atoms with E-state index in [4.69, 9.17) is 5.73 Å². The zero-order valence-corrected chi connectivity index (χ0v) is 11.6. The minimum absolute atomic E-state index is 0.194. The number of aryl methyl sites for hydroxylation is 2. The lowest BCUT2D eigenvalue weighted by Gasteiger charge is -2.38. The van der Waals surface area contributed by atoms with Crippen LogP contribution in [0.25, 0.3) is 0 Å². The fourth-order valence-electron chi connectivity index (χ4n) is 2.48. The lowest BCUT2D eigenvalue weighted by atomic mass is 9.92. The Morgan fingerprint density at radius 3 is 2.68 bits per heavy atom.